The van der Waals surface area contributed by atoms with Crippen LogP contribution in [0.25, 0.3) is 0 Å². The number of carbonyl (C=O) groups is 3. The van der Waals surface area contributed by atoms with Crippen molar-refractivity contribution < 1.29 is 31.7 Å². The molecular weight excluding hydrogens is 381 g/mol. The van der Waals surface area contributed by atoms with Crippen molar-refractivity contribution in [2.24, 2.45) is 0 Å². The number of rotatable bonds is 4. The summed E-state index contributed by atoms with van der Waals surface area (Å²) in [6.45, 7) is -0.377. The van der Waals surface area contributed by atoms with Gasteiger partial charge < -0.3 is 9.45 Å². The van der Waals surface area contributed by atoms with Gasteiger partial charge in [-0.3, -0.25) is 23.9 Å². The monoisotopic (exact) mass is 397 g/mol. The van der Waals surface area contributed by atoms with E-state index in [-0.39, 0.29) is 50.0 Å². The topological polar surface area (TPSA) is 119 Å². The number of halogens is 1. The Morgan fingerprint density at radius 2 is 2.00 bits per heavy atom. The third-order valence-electron chi connectivity index (χ3n) is 4.82. The van der Waals surface area contributed by atoms with Crippen molar-refractivity contribution in [3.05, 3.63) is 29.3 Å². The molecule has 11 heteroatoms. The summed E-state index contributed by atoms with van der Waals surface area (Å²) in [7, 11) is -4.10. The molecule has 3 heterocycles. The number of hydrogen-bond acceptors (Lipinski definition) is 6. The van der Waals surface area contributed by atoms with Gasteiger partial charge in [0.1, 0.15) is 12.2 Å². The number of imide groups is 1. The molecule has 1 aromatic carbocycles. The van der Waals surface area contributed by atoms with Gasteiger partial charge in [-0.15, -0.1) is 0 Å². The van der Waals surface area contributed by atoms with Crippen LogP contribution in [0.15, 0.2) is 18.2 Å². The quantitative estimate of drug-likeness (QED) is 0.562. The van der Waals surface area contributed by atoms with Crippen molar-refractivity contribution in [1.82, 2.24) is 14.5 Å². The maximum absolute atomic E-state index is 12.9. The van der Waals surface area contributed by atoms with Crippen LogP contribution < -0.4 is 9.50 Å². The van der Waals surface area contributed by atoms with Gasteiger partial charge in [0.05, 0.1) is 13.1 Å². The molecule has 2 saturated heterocycles. The summed E-state index contributed by atoms with van der Waals surface area (Å²) in [5.74, 6) is -1.25. The zero-order valence-electron chi connectivity index (χ0n) is 14.1. The smallest absolute Gasteiger partial charge is 0.316 e. The van der Waals surface area contributed by atoms with Crippen LogP contribution >= 0.6 is 0 Å². The summed E-state index contributed by atoms with van der Waals surface area (Å²) in [5, 5.41) is 2.21. The van der Waals surface area contributed by atoms with E-state index >= 15 is 0 Å². The lowest BCUT2D eigenvalue weighted by Gasteiger charge is -2.33. The number of nitrogens with zero attached hydrogens (tertiary/aromatic N) is 2. The number of fused-ring (bicyclic) bond motifs is 1. The van der Waals surface area contributed by atoms with Crippen LogP contribution in [0.1, 0.15) is 28.8 Å². The first-order chi connectivity index (χ1) is 12.7. The number of alkyl halides is 1. The fourth-order valence-electron chi connectivity index (χ4n) is 3.35. The van der Waals surface area contributed by atoms with Crippen molar-refractivity contribution in [3.8, 4) is 5.75 Å². The van der Waals surface area contributed by atoms with Crippen molar-refractivity contribution in [2.45, 2.75) is 31.6 Å². The van der Waals surface area contributed by atoms with E-state index in [1.807, 2.05) is 0 Å². The van der Waals surface area contributed by atoms with Crippen LogP contribution in [-0.2, 0) is 31.0 Å². The highest BCUT2D eigenvalue weighted by Crippen LogP contribution is 2.32. The molecule has 0 aromatic heterocycles. The zero-order valence-corrected chi connectivity index (χ0v) is 14.9. The van der Waals surface area contributed by atoms with Gasteiger partial charge in [0.25, 0.3) is 5.91 Å². The van der Waals surface area contributed by atoms with Gasteiger partial charge in [0.15, 0.2) is 5.75 Å². The highest BCUT2D eigenvalue weighted by Gasteiger charge is 2.43. The molecule has 2 fully saturated rings. The Kier molecular flexibility index (Phi) is 4.24. The van der Waals surface area contributed by atoms with Gasteiger partial charge in [-0.2, -0.15) is 0 Å². The van der Waals surface area contributed by atoms with Crippen molar-refractivity contribution in [1.29, 1.82) is 0 Å². The Morgan fingerprint density at radius 1 is 1.26 bits per heavy atom. The number of hydrogen-bond donors (Lipinski definition) is 1. The summed E-state index contributed by atoms with van der Waals surface area (Å²) in [6.07, 6.45) is -0.807. The Bertz CT molecular complexity index is 887. The molecule has 1 aromatic rings. The van der Waals surface area contributed by atoms with Crippen molar-refractivity contribution in [3.63, 3.8) is 0 Å². The minimum atomic E-state index is -4.10. The molecule has 3 aliphatic rings. The van der Waals surface area contributed by atoms with Crippen LogP contribution in [0.3, 0.4) is 0 Å². The summed E-state index contributed by atoms with van der Waals surface area (Å²) < 4.78 is 42.9. The molecule has 3 aliphatic heterocycles. The Balaban J connectivity index is 1.50. The molecule has 0 aliphatic carbocycles. The maximum atomic E-state index is 12.9. The molecule has 144 valence electrons. The number of amides is 3. The summed E-state index contributed by atoms with van der Waals surface area (Å²) in [5.41, 5.74) is 0.863. The standard InChI is InChI=1S/C16H16FN3O6S/c17-10-7-19(8-10)27(24,25)26-11-1-2-12-9(5-11)6-20(16(12)23)13-3-4-14(21)18-15(13)22/h1-2,5,10,13H,3-4,6-8H2,(H-,18,21,22,24,25). The molecule has 2 unspecified atom stereocenters. The minimum absolute atomic E-state index is 0.00832. The third-order valence-corrected chi connectivity index (χ3v) is 6.15. The lowest BCUT2D eigenvalue weighted by Crippen LogP contribution is -2.55. The number of carbonyl (C=O) groups excluding carboxylic acids is 3. The Labute approximate surface area is 155 Å². The van der Waals surface area contributed by atoms with Crippen molar-refractivity contribution >= 4 is 28.4 Å². The maximum Gasteiger partial charge on any atom is 0.316 e. The highest BCUT2D eigenvalue weighted by atomic mass is 32.3. The highest BCUT2D eigenvalue weighted by molar-refractivity contribution is 7.91. The average molecular weight is 397 g/mol. The second kappa shape index (κ2) is 6.36. The summed E-state index contributed by atoms with van der Waals surface area (Å²) >= 11 is 0. The molecule has 4 rings (SSSR count). The number of piperidine rings is 1. The second-order valence-electron chi connectivity index (χ2n) is 6.67. The predicted octanol–water partition coefficient (Wildman–Crippen LogP) is -0.0600. The van der Waals surface area contributed by atoms with Gasteiger partial charge in [0, 0.05) is 18.5 Å². The molecule has 0 saturated carbocycles. The second-order valence-corrected chi connectivity index (χ2v) is 8.21. The molecule has 1 N–H and O–H groups in total. The summed E-state index contributed by atoms with van der Waals surface area (Å²) in [6, 6.07) is 3.44. The molecule has 0 spiro atoms. The fraction of sp³-hybridized carbons (Fsp3) is 0.438. The first kappa shape index (κ1) is 18.0. The molecule has 3 amide bonds. The molecule has 27 heavy (non-hydrogen) atoms. The molecular formula is C16H16FN3O6S. The SMILES string of the molecule is O=C1CCC(N2Cc3cc(O[S+](=O)([O-])N4CC(F)C4)ccc3C2=O)C(=O)N1. The average Bonchev–Trinajstić information content (AvgIpc) is 2.88. The number of benzene rings is 1. The van der Waals surface area contributed by atoms with Crippen LogP contribution in [0.2, 0.25) is 0 Å². The minimum Gasteiger partial charge on any atom is -0.559 e. The van der Waals surface area contributed by atoms with Gasteiger partial charge in [-0.1, -0.05) is 4.31 Å². The van der Waals surface area contributed by atoms with E-state index in [4.69, 9.17) is 4.18 Å². The van der Waals surface area contributed by atoms with E-state index < -0.39 is 28.8 Å². The lowest BCUT2D eigenvalue weighted by molar-refractivity contribution is -0.136. The first-order valence-corrected chi connectivity index (χ1v) is 9.72. The van der Waals surface area contributed by atoms with Crippen LogP contribution in [0.4, 0.5) is 4.39 Å². The van der Waals surface area contributed by atoms with E-state index in [1.165, 1.54) is 23.1 Å². The van der Waals surface area contributed by atoms with E-state index in [0.717, 1.165) is 4.31 Å². The summed E-state index contributed by atoms with van der Waals surface area (Å²) in [4.78, 5) is 37.2. The van der Waals surface area contributed by atoms with E-state index in [2.05, 4.69) is 5.32 Å². The Hall–Kier alpha value is -2.37. The largest absolute Gasteiger partial charge is 0.559 e. The van der Waals surface area contributed by atoms with E-state index in [9.17, 15) is 27.5 Å². The number of nitrogens with one attached hydrogen (secondary N) is 1. The fourth-order valence-corrected chi connectivity index (χ4v) is 4.49. The molecule has 2 atom stereocenters. The normalized spacial score (nSPS) is 25.6. The molecule has 0 radical (unpaired) electrons. The van der Waals surface area contributed by atoms with Gasteiger partial charge in [0.2, 0.25) is 11.8 Å². The van der Waals surface area contributed by atoms with Gasteiger partial charge in [-0.05, 0) is 34.4 Å². The third kappa shape index (κ3) is 3.22. The van der Waals surface area contributed by atoms with Crippen LogP contribution in [-0.4, -0.2) is 56.8 Å². The lowest BCUT2D eigenvalue weighted by atomic mass is 10.0. The Morgan fingerprint density at radius 3 is 2.67 bits per heavy atom. The van der Waals surface area contributed by atoms with E-state index in [1.54, 1.807) is 0 Å². The van der Waals surface area contributed by atoms with Crippen molar-refractivity contribution in [2.75, 3.05) is 13.1 Å². The van der Waals surface area contributed by atoms with Crippen LogP contribution in [0.5, 0.6) is 5.75 Å². The van der Waals surface area contributed by atoms with Crippen LogP contribution in [0, 0.1) is 0 Å². The molecule has 9 nitrogen and oxygen atoms in total. The predicted molar refractivity (Wildman–Crippen MR) is 88.4 cm³/mol. The molecule has 0 bridgehead atoms. The van der Waals surface area contributed by atoms with Gasteiger partial charge >= 0.3 is 10.7 Å². The zero-order chi connectivity index (χ0) is 19.3. The van der Waals surface area contributed by atoms with Gasteiger partial charge in [-0.25, -0.2) is 4.39 Å². The first-order valence-electron chi connectivity index (χ1n) is 8.36. The van der Waals surface area contributed by atoms with E-state index in [0.29, 0.717) is 11.1 Å².